The summed E-state index contributed by atoms with van der Waals surface area (Å²) in [5.41, 5.74) is 4.63. The average molecular weight is 400 g/mol. The van der Waals surface area contributed by atoms with Gasteiger partial charge in [0.05, 0.1) is 25.6 Å². The number of methoxy groups -OCH3 is 2. The maximum absolute atomic E-state index is 11.6. The molecule has 0 saturated heterocycles. The number of amides is 2. The van der Waals surface area contributed by atoms with Crippen LogP contribution in [0.1, 0.15) is 0 Å². The first-order valence-corrected chi connectivity index (χ1v) is 8.57. The number of carbonyl (C=O) groups is 1. The molecule has 0 fully saturated rings. The van der Waals surface area contributed by atoms with Crippen LogP contribution in [0, 0.1) is 0 Å². The Bertz CT molecular complexity index is 995. The minimum Gasteiger partial charge on any atom is -0.497 e. The molecule has 144 valence electrons. The van der Waals surface area contributed by atoms with E-state index in [2.05, 4.69) is 15.3 Å². The van der Waals surface area contributed by atoms with Crippen LogP contribution in [0.15, 0.2) is 48.5 Å². The summed E-state index contributed by atoms with van der Waals surface area (Å²) in [7, 11) is 3.13. The highest BCUT2D eigenvalue weighted by Gasteiger charge is 2.14. The number of aromatic nitrogens is 2. The van der Waals surface area contributed by atoms with E-state index in [-0.39, 0.29) is 5.95 Å². The molecule has 0 atom stereocenters. The van der Waals surface area contributed by atoms with Crippen molar-refractivity contribution in [1.82, 2.24) is 15.4 Å². The summed E-state index contributed by atoms with van der Waals surface area (Å²) in [6, 6.07) is 13.7. The lowest BCUT2D eigenvalue weighted by Crippen LogP contribution is -2.34. The highest BCUT2D eigenvalue weighted by atomic mass is 35.5. The molecule has 0 aliphatic rings. The number of halogens is 1. The lowest BCUT2D eigenvalue weighted by atomic mass is 10.1. The Balaban J connectivity index is 2.14. The number of anilines is 1. The minimum absolute atomic E-state index is 0.0864. The van der Waals surface area contributed by atoms with Gasteiger partial charge < -0.3 is 9.47 Å². The van der Waals surface area contributed by atoms with Crippen molar-refractivity contribution in [3.05, 3.63) is 53.6 Å². The number of benzene rings is 2. The zero-order chi connectivity index (χ0) is 20.1. The Morgan fingerprint density at radius 1 is 1.00 bits per heavy atom. The Hall–Kier alpha value is -3.36. The fourth-order valence-corrected chi connectivity index (χ4v) is 2.68. The summed E-state index contributed by atoms with van der Waals surface area (Å²) in [4.78, 5) is 20.4. The molecule has 2 aromatic carbocycles. The number of urea groups is 1. The first-order valence-electron chi connectivity index (χ1n) is 8.19. The lowest BCUT2D eigenvalue weighted by molar-refractivity contribution is 0.252. The van der Waals surface area contributed by atoms with E-state index in [1.165, 1.54) is 0 Å². The van der Waals surface area contributed by atoms with Crippen molar-refractivity contribution >= 4 is 23.6 Å². The summed E-state index contributed by atoms with van der Waals surface area (Å²) in [5.74, 6) is 6.44. The van der Waals surface area contributed by atoms with Crippen molar-refractivity contribution in [1.29, 1.82) is 0 Å². The molecule has 4 N–H and O–H groups in total. The normalized spacial score (nSPS) is 10.3. The largest absolute Gasteiger partial charge is 0.497 e. The second-order valence-corrected chi connectivity index (χ2v) is 6.07. The molecule has 0 unspecified atom stereocenters. The monoisotopic (exact) mass is 399 g/mol. The zero-order valence-electron chi connectivity index (χ0n) is 15.2. The molecule has 0 saturated carbocycles. The molecule has 28 heavy (non-hydrogen) atoms. The van der Waals surface area contributed by atoms with E-state index in [4.69, 9.17) is 26.9 Å². The molecule has 3 aromatic rings. The van der Waals surface area contributed by atoms with Crippen molar-refractivity contribution in [3.8, 4) is 34.0 Å². The number of carbonyl (C=O) groups excluding carboxylic acids is 1. The second kappa shape index (κ2) is 8.55. The van der Waals surface area contributed by atoms with E-state index in [0.29, 0.717) is 33.5 Å². The number of hydrogen-bond donors (Lipinski definition) is 3. The van der Waals surface area contributed by atoms with Crippen molar-refractivity contribution < 1.29 is 14.3 Å². The van der Waals surface area contributed by atoms with Crippen LogP contribution in [0.2, 0.25) is 5.02 Å². The average Bonchev–Trinajstić information content (AvgIpc) is 2.73. The van der Waals surface area contributed by atoms with E-state index < -0.39 is 6.03 Å². The van der Waals surface area contributed by atoms with Gasteiger partial charge in [-0.25, -0.2) is 20.6 Å². The van der Waals surface area contributed by atoms with E-state index in [1.807, 2.05) is 23.6 Å². The number of hydrogen-bond acceptors (Lipinski definition) is 6. The van der Waals surface area contributed by atoms with E-state index in [0.717, 1.165) is 5.56 Å². The van der Waals surface area contributed by atoms with E-state index in [9.17, 15) is 4.79 Å². The molecule has 0 aliphatic heterocycles. The summed E-state index contributed by atoms with van der Waals surface area (Å²) < 4.78 is 10.7. The van der Waals surface area contributed by atoms with Gasteiger partial charge in [0, 0.05) is 22.2 Å². The molecule has 3 rings (SSSR count). The first-order chi connectivity index (χ1) is 13.5. The quantitative estimate of drug-likeness (QED) is 0.344. The standard InChI is InChI=1S/C19H18ClN5O3/c1-27-13-7-8-14(17(9-13)28-2)16-10-15(11-3-5-12(20)6-4-11)22-18(23-16)24-19(26)25-21/h3-10H,21H2,1-2H3,(H2,22,23,24,25,26). The van der Waals surface area contributed by atoms with Gasteiger partial charge in [0.25, 0.3) is 0 Å². The maximum atomic E-state index is 11.6. The summed E-state index contributed by atoms with van der Waals surface area (Å²) in [6.45, 7) is 0. The van der Waals surface area contributed by atoms with Crippen LogP contribution < -0.4 is 26.1 Å². The van der Waals surface area contributed by atoms with Gasteiger partial charge in [0.1, 0.15) is 11.5 Å². The lowest BCUT2D eigenvalue weighted by Gasteiger charge is -2.13. The third-order valence-corrected chi connectivity index (χ3v) is 4.16. The van der Waals surface area contributed by atoms with Crippen molar-refractivity contribution in [3.63, 3.8) is 0 Å². The van der Waals surface area contributed by atoms with Gasteiger partial charge in [0.15, 0.2) is 0 Å². The van der Waals surface area contributed by atoms with Crippen LogP contribution in [0.25, 0.3) is 22.5 Å². The third-order valence-electron chi connectivity index (χ3n) is 3.91. The Morgan fingerprint density at radius 2 is 1.71 bits per heavy atom. The van der Waals surface area contributed by atoms with Gasteiger partial charge >= 0.3 is 6.03 Å². The molecule has 0 spiro atoms. The first kappa shape index (κ1) is 19.4. The van der Waals surface area contributed by atoms with E-state index in [1.54, 1.807) is 44.6 Å². The van der Waals surface area contributed by atoms with Crippen LogP contribution in [0.4, 0.5) is 10.7 Å². The number of hydrazine groups is 1. The smallest absolute Gasteiger partial charge is 0.335 e. The SMILES string of the molecule is COc1ccc(-c2cc(-c3ccc(Cl)cc3)nc(NC(=O)NN)n2)c(OC)c1. The fraction of sp³-hybridized carbons (Fsp3) is 0.105. The topological polar surface area (TPSA) is 111 Å². The van der Waals surface area contributed by atoms with Gasteiger partial charge in [-0.1, -0.05) is 23.7 Å². The summed E-state index contributed by atoms with van der Waals surface area (Å²) in [6.07, 6.45) is 0. The molecule has 9 heteroatoms. The maximum Gasteiger partial charge on any atom is 0.335 e. The number of nitrogens with two attached hydrogens (primary N) is 1. The van der Waals surface area contributed by atoms with Gasteiger partial charge in [-0.15, -0.1) is 0 Å². The van der Waals surface area contributed by atoms with Gasteiger partial charge in [-0.2, -0.15) is 0 Å². The van der Waals surface area contributed by atoms with Crippen LogP contribution >= 0.6 is 11.6 Å². The summed E-state index contributed by atoms with van der Waals surface area (Å²) in [5, 5.41) is 3.10. The van der Waals surface area contributed by atoms with Crippen LogP contribution in [0.5, 0.6) is 11.5 Å². The van der Waals surface area contributed by atoms with Gasteiger partial charge in [-0.05, 0) is 30.3 Å². The van der Waals surface area contributed by atoms with E-state index >= 15 is 0 Å². The number of ether oxygens (including phenoxy) is 2. The van der Waals surface area contributed by atoms with Crippen LogP contribution in [-0.4, -0.2) is 30.2 Å². The van der Waals surface area contributed by atoms with Gasteiger partial charge in [0.2, 0.25) is 5.95 Å². The van der Waals surface area contributed by atoms with Crippen LogP contribution in [0.3, 0.4) is 0 Å². The molecule has 1 aromatic heterocycles. The van der Waals surface area contributed by atoms with Crippen LogP contribution in [-0.2, 0) is 0 Å². The van der Waals surface area contributed by atoms with Crippen molar-refractivity contribution in [2.24, 2.45) is 5.84 Å². The second-order valence-electron chi connectivity index (χ2n) is 5.63. The zero-order valence-corrected chi connectivity index (χ0v) is 15.9. The molecule has 0 bridgehead atoms. The predicted molar refractivity (Wildman–Crippen MR) is 107 cm³/mol. The van der Waals surface area contributed by atoms with Gasteiger partial charge in [-0.3, -0.25) is 10.7 Å². The predicted octanol–water partition coefficient (Wildman–Crippen LogP) is 3.48. The minimum atomic E-state index is -0.638. The third kappa shape index (κ3) is 4.30. The fourth-order valence-electron chi connectivity index (χ4n) is 2.56. The molecule has 0 radical (unpaired) electrons. The Labute approximate surface area is 166 Å². The summed E-state index contributed by atoms with van der Waals surface area (Å²) >= 11 is 5.97. The number of nitrogens with zero attached hydrogens (tertiary/aromatic N) is 2. The molecule has 8 nitrogen and oxygen atoms in total. The van der Waals surface area contributed by atoms with Crippen molar-refractivity contribution in [2.45, 2.75) is 0 Å². The molecule has 0 aliphatic carbocycles. The molecule has 1 heterocycles. The number of nitrogens with one attached hydrogen (secondary N) is 2. The van der Waals surface area contributed by atoms with Crippen molar-refractivity contribution in [2.75, 3.05) is 19.5 Å². The molecular formula is C19H18ClN5O3. The molecule has 2 amide bonds. The Kier molecular flexibility index (Phi) is 5.93. The number of rotatable bonds is 5. The highest BCUT2D eigenvalue weighted by Crippen LogP contribution is 2.34. The highest BCUT2D eigenvalue weighted by molar-refractivity contribution is 6.30. The molecular weight excluding hydrogens is 382 g/mol. The Morgan fingerprint density at radius 3 is 2.36 bits per heavy atom.